The molecule has 0 bridgehead atoms. The predicted octanol–water partition coefficient (Wildman–Crippen LogP) is 4.00. The molecule has 0 aliphatic carbocycles. The summed E-state index contributed by atoms with van der Waals surface area (Å²) in [4.78, 5) is 38.5. The van der Waals surface area contributed by atoms with E-state index in [1.54, 1.807) is 19.1 Å². The quantitative estimate of drug-likeness (QED) is 0.139. The van der Waals surface area contributed by atoms with Crippen LogP contribution in [0.15, 0.2) is 58.0 Å². The first-order valence-electron chi connectivity index (χ1n) is 14.3. The average Bonchev–Trinajstić information content (AvgIpc) is 3.53. The molecule has 48 heavy (non-hydrogen) atoms. The minimum atomic E-state index is -4.28. The van der Waals surface area contributed by atoms with E-state index in [0.717, 1.165) is 23.1 Å². The molecule has 0 radical (unpaired) electrons. The lowest BCUT2D eigenvalue weighted by Crippen LogP contribution is -2.62. The highest BCUT2D eigenvalue weighted by Gasteiger charge is 2.49. The Morgan fingerprint density at radius 3 is 2.48 bits per heavy atom. The number of hydrogen-bond acceptors (Lipinski definition) is 12. The lowest BCUT2D eigenvalue weighted by Gasteiger charge is -2.47. The van der Waals surface area contributed by atoms with E-state index >= 15 is 0 Å². The van der Waals surface area contributed by atoms with Gasteiger partial charge in [-0.05, 0) is 56.7 Å². The van der Waals surface area contributed by atoms with Crippen molar-refractivity contribution in [1.82, 2.24) is 4.90 Å². The first kappa shape index (κ1) is 36.5. The van der Waals surface area contributed by atoms with Crippen molar-refractivity contribution in [2.24, 2.45) is 5.14 Å². The second-order valence-corrected chi connectivity index (χ2v) is 12.6. The van der Waals surface area contributed by atoms with Gasteiger partial charge in [0, 0.05) is 18.1 Å². The van der Waals surface area contributed by atoms with Crippen LogP contribution in [-0.4, -0.2) is 68.5 Å². The Morgan fingerprint density at radius 2 is 1.83 bits per heavy atom. The number of benzene rings is 2. The van der Waals surface area contributed by atoms with Gasteiger partial charge in [-0.1, -0.05) is 11.6 Å². The maximum absolute atomic E-state index is 13.8. The molecule has 0 unspecified atom stereocenters. The van der Waals surface area contributed by atoms with Crippen LogP contribution in [0.25, 0.3) is 0 Å². The van der Waals surface area contributed by atoms with Gasteiger partial charge in [0.1, 0.15) is 22.3 Å². The van der Waals surface area contributed by atoms with E-state index in [0.29, 0.717) is 11.8 Å². The number of anilines is 1. The van der Waals surface area contributed by atoms with Gasteiger partial charge in [-0.25, -0.2) is 31.9 Å². The first-order chi connectivity index (χ1) is 22.6. The number of aliphatic hydroxyl groups is 1. The lowest BCUT2D eigenvalue weighted by atomic mass is 9.94. The third-order valence-corrected chi connectivity index (χ3v) is 8.66. The van der Waals surface area contributed by atoms with E-state index < -0.39 is 69.2 Å². The molecule has 1 aliphatic rings. The van der Waals surface area contributed by atoms with Crippen LogP contribution in [0.1, 0.15) is 48.4 Å². The molecule has 2 aromatic carbocycles. The molecule has 0 saturated carbocycles. The highest BCUT2D eigenvalue weighted by atomic mass is 35.5. The number of ether oxygens (including phenoxy) is 4. The predicted molar refractivity (Wildman–Crippen MR) is 163 cm³/mol. The summed E-state index contributed by atoms with van der Waals surface area (Å²) >= 11 is 6.08. The second kappa shape index (κ2) is 15.3. The largest absolute Gasteiger partial charge is 0.467 e. The van der Waals surface area contributed by atoms with Crippen molar-refractivity contribution >= 4 is 45.3 Å². The zero-order valence-electron chi connectivity index (χ0n) is 25.6. The number of hydrogen-bond donors (Lipinski definition) is 3. The number of halogens is 3. The number of rotatable bonds is 12. The smallest absolute Gasteiger partial charge is 0.413 e. The van der Waals surface area contributed by atoms with E-state index in [-0.39, 0.29) is 54.4 Å². The fourth-order valence-corrected chi connectivity index (χ4v) is 5.97. The van der Waals surface area contributed by atoms with E-state index in [1.807, 2.05) is 0 Å². The summed E-state index contributed by atoms with van der Waals surface area (Å²) in [5.41, 5.74) is -0.294. The van der Waals surface area contributed by atoms with Crippen LogP contribution in [0.5, 0.6) is 0 Å². The van der Waals surface area contributed by atoms with Crippen LogP contribution >= 0.6 is 11.6 Å². The Hall–Kier alpha value is -4.29. The molecule has 1 aromatic heterocycles. The number of carbonyl (C=O) groups excluding carboxylic acids is 3. The van der Waals surface area contributed by atoms with Gasteiger partial charge in [-0.3, -0.25) is 9.69 Å². The Balaban J connectivity index is 1.27. The number of nitrogens with two attached hydrogens (primary N) is 1. The van der Waals surface area contributed by atoms with Crippen molar-refractivity contribution in [2.45, 2.75) is 56.0 Å². The van der Waals surface area contributed by atoms with Gasteiger partial charge in [0.2, 0.25) is 22.6 Å². The Bertz CT molecular complexity index is 1740. The minimum absolute atomic E-state index is 0.0158. The number of nitrogens with one attached hydrogen (secondary N) is 1. The summed E-state index contributed by atoms with van der Waals surface area (Å²) in [5.74, 6) is -5.39. The van der Waals surface area contributed by atoms with Gasteiger partial charge in [-0.2, -0.15) is 0 Å². The summed E-state index contributed by atoms with van der Waals surface area (Å²) in [7, 11) is -4.28. The summed E-state index contributed by atoms with van der Waals surface area (Å²) < 4.78 is 77.5. The number of sulfonamides is 1. The Kier molecular flexibility index (Phi) is 11.6. The van der Waals surface area contributed by atoms with E-state index in [1.165, 1.54) is 19.3 Å². The van der Waals surface area contributed by atoms with Crippen molar-refractivity contribution in [2.75, 3.05) is 25.3 Å². The van der Waals surface area contributed by atoms with Crippen molar-refractivity contribution in [3.63, 3.8) is 0 Å². The summed E-state index contributed by atoms with van der Waals surface area (Å²) in [6, 6.07) is 6.11. The van der Waals surface area contributed by atoms with E-state index in [4.69, 9.17) is 40.1 Å². The summed E-state index contributed by atoms with van der Waals surface area (Å²) in [6.07, 6.45) is 0.183. The van der Waals surface area contributed by atoms with Gasteiger partial charge in [0.15, 0.2) is 0 Å². The van der Waals surface area contributed by atoms with Crippen LogP contribution in [-0.2, 0) is 46.1 Å². The molecule has 1 saturated heterocycles. The summed E-state index contributed by atoms with van der Waals surface area (Å²) in [6.45, 7) is 1.84. The Labute approximate surface area is 278 Å². The zero-order valence-corrected chi connectivity index (χ0v) is 27.2. The molecule has 1 amide bonds. The number of primary sulfonamides is 1. The zero-order chi connectivity index (χ0) is 35.2. The highest BCUT2D eigenvalue weighted by molar-refractivity contribution is 7.89. The molecule has 4 rings (SSSR count). The molecule has 260 valence electrons. The molecule has 3 atom stereocenters. The molecule has 1 aliphatic heterocycles. The molecule has 2 heterocycles. The van der Waals surface area contributed by atoms with Crippen LogP contribution < -0.4 is 10.5 Å². The fourth-order valence-electron chi connectivity index (χ4n) is 4.88. The van der Waals surface area contributed by atoms with Crippen molar-refractivity contribution in [3.05, 3.63) is 82.3 Å². The van der Waals surface area contributed by atoms with E-state index in [2.05, 4.69) is 5.32 Å². The number of amides is 1. The van der Waals surface area contributed by atoms with Gasteiger partial charge < -0.3 is 33.8 Å². The molecular weight excluding hydrogens is 684 g/mol. The number of morpholine rings is 1. The van der Waals surface area contributed by atoms with E-state index in [9.17, 15) is 36.7 Å². The van der Waals surface area contributed by atoms with Crippen molar-refractivity contribution in [3.8, 4) is 0 Å². The molecule has 0 spiro atoms. The van der Waals surface area contributed by atoms with Gasteiger partial charge in [0.05, 0.1) is 54.4 Å². The number of nitrogens with zero attached hydrogens (tertiary/aromatic N) is 1. The van der Waals surface area contributed by atoms with Crippen molar-refractivity contribution in [1.29, 1.82) is 0 Å². The monoisotopic (exact) mass is 715 g/mol. The number of furan rings is 1. The molecule has 14 nitrogen and oxygen atoms in total. The molecule has 3 aromatic rings. The molecular formula is C30H32ClF2N3O11S. The third kappa shape index (κ3) is 8.78. The number of carbonyl (C=O) groups is 3. The third-order valence-electron chi connectivity index (χ3n) is 7.28. The normalized spacial score (nSPS) is 19.4. The average molecular weight is 716 g/mol. The molecule has 1 fully saturated rings. The lowest BCUT2D eigenvalue weighted by molar-refractivity contribution is -0.280. The Morgan fingerprint density at radius 1 is 1.12 bits per heavy atom. The van der Waals surface area contributed by atoms with Crippen LogP contribution in [0.2, 0.25) is 5.02 Å². The SMILES string of the molecule is C[C@@H]1CO[C@@](O)(c2cc(F)cc(F)c2)[C@H](C)N1C(=O)OCOC(=O)CCCOC(=O)c1cc(S(N)(=O)=O)c(Cl)cc1NCc1ccco1. The standard InChI is InChI=1S/C30H32ClF2N3O11S/c1-17-15-47-30(40,19-9-20(32)11-21(33)10-19)18(2)36(17)29(39)46-16-45-27(37)6-4-8-44-28(38)23-12-26(48(34,41)42)24(31)13-25(23)35-14-22-5-3-7-43-22/h3,5,7,9-13,17-18,35,40H,4,6,8,14-16H2,1-2H3,(H2,34,41,42)/t17-,18+,30-/m1/s1. The van der Waals surface area contributed by atoms with Gasteiger partial charge >= 0.3 is 18.0 Å². The summed E-state index contributed by atoms with van der Waals surface area (Å²) in [5, 5.41) is 19.0. The topological polar surface area (TPSA) is 197 Å². The number of esters is 2. The maximum Gasteiger partial charge on any atom is 0.413 e. The van der Waals surface area contributed by atoms with Gasteiger partial charge in [0.25, 0.3) is 0 Å². The van der Waals surface area contributed by atoms with Crippen LogP contribution in [0, 0.1) is 11.6 Å². The molecule has 18 heteroatoms. The van der Waals surface area contributed by atoms with Crippen LogP contribution in [0.3, 0.4) is 0 Å². The second-order valence-electron chi connectivity index (χ2n) is 10.7. The fraction of sp³-hybridized carbons (Fsp3) is 0.367. The van der Waals surface area contributed by atoms with Crippen LogP contribution in [0.4, 0.5) is 19.3 Å². The minimum Gasteiger partial charge on any atom is -0.467 e. The van der Waals surface area contributed by atoms with Crippen molar-refractivity contribution < 1.29 is 60.1 Å². The highest BCUT2D eigenvalue weighted by Crippen LogP contribution is 2.36. The molecule has 4 N–H and O–H groups in total. The maximum atomic E-state index is 13.8. The van der Waals surface area contributed by atoms with Gasteiger partial charge in [-0.15, -0.1) is 0 Å². The first-order valence-corrected chi connectivity index (χ1v) is 16.3.